The fraction of sp³-hybridized carbons (Fsp3) is 0.286. The number of nitrogens with two attached hydrogens (primary N) is 1. The lowest BCUT2D eigenvalue weighted by Crippen LogP contribution is -2.34. The van der Waals surface area contributed by atoms with Crippen LogP contribution in [0, 0.1) is 6.92 Å². The van der Waals surface area contributed by atoms with E-state index in [1.54, 1.807) is 6.07 Å². The number of sulfonamides is 1. The number of hydrogen-bond acceptors (Lipinski definition) is 4. The summed E-state index contributed by atoms with van der Waals surface area (Å²) in [7, 11) is -3.52. The molecule has 0 unspecified atom stereocenters. The second-order valence-electron chi connectivity index (χ2n) is 4.64. The molecule has 4 nitrogen and oxygen atoms in total. The first-order chi connectivity index (χ1) is 9.95. The van der Waals surface area contributed by atoms with E-state index >= 15 is 0 Å². The number of halogens is 2. The largest absolute Gasteiger partial charge is 0.329 e. The van der Waals surface area contributed by atoms with E-state index in [-0.39, 0.29) is 19.0 Å². The lowest BCUT2D eigenvalue weighted by atomic mass is 10.2. The molecule has 22 heavy (non-hydrogen) atoms. The Hall–Kier alpha value is -0.440. The van der Waals surface area contributed by atoms with Gasteiger partial charge >= 0.3 is 0 Å². The molecule has 8 heteroatoms. The maximum absolute atomic E-state index is 12.8. The molecule has 122 valence electrons. The first-order valence-electron chi connectivity index (χ1n) is 6.45. The van der Waals surface area contributed by atoms with Crippen molar-refractivity contribution in [2.75, 3.05) is 13.1 Å². The van der Waals surface area contributed by atoms with Gasteiger partial charge in [0.1, 0.15) is 4.21 Å². The van der Waals surface area contributed by atoms with Crippen LogP contribution < -0.4 is 5.73 Å². The molecule has 0 radical (unpaired) electrons. The van der Waals surface area contributed by atoms with Gasteiger partial charge in [-0.1, -0.05) is 30.3 Å². The summed E-state index contributed by atoms with van der Waals surface area (Å²) in [4.78, 5) is 0. The molecule has 2 aromatic rings. The molecule has 0 bridgehead atoms. The second kappa shape index (κ2) is 8.42. The third-order valence-corrected chi connectivity index (χ3v) is 7.44. The van der Waals surface area contributed by atoms with Gasteiger partial charge in [0, 0.05) is 19.6 Å². The highest BCUT2D eigenvalue weighted by Gasteiger charge is 2.26. The summed E-state index contributed by atoms with van der Waals surface area (Å²) in [5.74, 6) is 0. The molecule has 0 fully saturated rings. The van der Waals surface area contributed by atoms with Crippen LogP contribution in [0.3, 0.4) is 0 Å². The summed E-state index contributed by atoms with van der Waals surface area (Å²) >= 11 is 4.61. The van der Waals surface area contributed by atoms with E-state index in [1.807, 2.05) is 37.3 Å². The first-order valence-corrected chi connectivity index (χ1v) is 9.50. The van der Waals surface area contributed by atoms with E-state index in [1.165, 1.54) is 15.6 Å². The minimum atomic E-state index is -3.52. The minimum Gasteiger partial charge on any atom is -0.329 e. The summed E-state index contributed by atoms with van der Waals surface area (Å²) in [5.41, 5.74) is 7.45. The predicted molar refractivity (Wildman–Crippen MR) is 97.1 cm³/mol. The third-order valence-electron chi connectivity index (χ3n) is 3.01. The van der Waals surface area contributed by atoms with Gasteiger partial charge in [-0.25, -0.2) is 8.42 Å². The second-order valence-corrected chi connectivity index (χ2v) is 9.17. The van der Waals surface area contributed by atoms with Crippen LogP contribution in [0.1, 0.15) is 11.1 Å². The maximum Gasteiger partial charge on any atom is 0.252 e. The van der Waals surface area contributed by atoms with Crippen molar-refractivity contribution in [3.63, 3.8) is 0 Å². The molecule has 1 heterocycles. The molecule has 0 saturated carbocycles. The van der Waals surface area contributed by atoms with Gasteiger partial charge in [0.05, 0.1) is 3.79 Å². The SMILES string of the molecule is Cc1cc(S(=O)(=O)N(CCN)Cc2ccccc2)sc1Br.Cl. The van der Waals surface area contributed by atoms with Crippen molar-refractivity contribution in [2.45, 2.75) is 17.7 Å². The minimum absolute atomic E-state index is 0. The van der Waals surface area contributed by atoms with Crippen LogP contribution in [0.5, 0.6) is 0 Å². The average Bonchev–Trinajstić information content (AvgIpc) is 2.80. The molecular formula is C14H18BrClN2O2S2. The lowest BCUT2D eigenvalue weighted by molar-refractivity contribution is 0.415. The van der Waals surface area contributed by atoms with E-state index in [2.05, 4.69) is 15.9 Å². The Kier molecular flexibility index (Phi) is 7.51. The zero-order valence-electron chi connectivity index (χ0n) is 12.0. The number of nitrogens with zero attached hydrogens (tertiary/aromatic N) is 1. The van der Waals surface area contributed by atoms with E-state index < -0.39 is 10.0 Å². The van der Waals surface area contributed by atoms with E-state index in [0.717, 1.165) is 14.9 Å². The van der Waals surface area contributed by atoms with Crippen LogP contribution in [0.4, 0.5) is 0 Å². The molecular weight excluding hydrogens is 408 g/mol. The van der Waals surface area contributed by atoms with E-state index in [9.17, 15) is 8.42 Å². The molecule has 2 rings (SSSR count). The molecule has 0 aliphatic heterocycles. The number of aryl methyl sites for hydroxylation is 1. The summed E-state index contributed by atoms with van der Waals surface area (Å²) in [5, 5.41) is 0. The highest BCUT2D eigenvalue weighted by atomic mass is 79.9. The molecule has 1 aromatic carbocycles. The van der Waals surface area contributed by atoms with Gasteiger partial charge in [0.2, 0.25) is 0 Å². The zero-order chi connectivity index (χ0) is 15.5. The van der Waals surface area contributed by atoms with Crippen molar-refractivity contribution < 1.29 is 8.42 Å². The fourth-order valence-electron chi connectivity index (χ4n) is 1.90. The van der Waals surface area contributed by atoms with Crippen LogP contribution in [-0.4, -0.2) is 25.8 Å². The molecule has 0 spiro atoms. The molecule has 1 aromatic heterocycles. The van der Waals surface area contributed by atoms with Gasteiger partial charge in [0.25, 0.3) is 10.0 Å². The predicted octanol–water partition coefficient (Wildman–Crippen LogP) is 3.39. The Labute approximate surface area is 149 Å². The Morgan fingerprint density at radius 2 is 1.91 bits per heavy atom. The third kappa shape index (κ3) is 4.53. The quantitative estimate of drug-likeness (QED) is 0.771. The van der Waals surface area contributed by atoms with Crippen molar-refractivity contribution in [1.82, 2.24) is 4.31 Å². The van der Waals surface area contributed by atoms with Gasteiger partial charge in [0.15, 0.2) is 0 Å². The summed E-state index contributed by atoms with van der Waals surface area (Å²) < 4.78 is 28.1. The topological polar surface area (TPSA) is 63.4 Å². The zero-order valence-corrected chi connectivity index (χ0v) is 16.1. The van der Waals surface area contributed by atoms with Crippen molar-refractivity contribution in [1.29, 1.82) is 0 Å². The van der Waals surface area contributed by atoms with Crippen LogP contribution in [-0.2, 0) is 16.6 Å². The molecule has 0 atom stereocenters. The highest BCUT2D eigenvalue weighted by molar-refractivity contribution is 9.11. The Morgan fingerprint density at radius 1 is 1.27 bits per heavy atom. The monoisotopic (exact) mass is 424 g/mol. The van der Waals surface area contributed by atoms with Crippen molar-refractivity contribution in [2.24, 2.45) is 5.73 Å². The van der Waals surface area contributed by atoms with Crippen molar-refractivity contribution >= 4 is 49.7 Å². The lowest BCUT2D eigenvalue weighted by Gasteiger charge is -2.20. The van der Waals surface area contributed by atoms with E-state index in [0.29, 0.717) is 17.3 Å². The van der Waals surface area contributed by atoms with Crippen LogP contribution >= 0.6 is 39.7 Å². The standard InChI is InChI=1S/C14H17BrN2O2S2.ClH/c1-11-9-13(20-14(11)15)21(18,19)17(8-7-16)10-12-5-3-2-4-6-12;/h2-6,9H,7-8,10,16H2,1H3;1H. The fourth-order valence-corrected chi connectivity index (χ4v) is 5.73. The first kappa shape index (κ1) is 19.6. The number of benzene rings is 1. The summed E-state index contributed by atoms with van der Waals surface area (Å²) in [6, 6.07) is 11.2. The number of rotatable bonds is 6. The normalized spacial score (nSPS) is 11.5. The Balaban J connectivity index is 0.00000242. The van der Waals surface area contributed by atoms with Crippen LogP contribution in [0.25, 0.3) is 0 Å². The van der Waals surface area contributed by atoms with Gasteiger partial charge < -0.3 is 5.73 Å². The molecule has 2 N–H and O–H groups in total. The number of hydrogen-bond donors (Lipinski definition) is 1. The van der Waals surface area contributed by atoms with Crippen molar-refractivity contribution in [3.05, 3.63) is 51.3 Å². The summed E-state index contributed by atoms with van der Waals surface area (Å²) in [6.45, 7) is 2.79. The smallest absolute Gasteiger partial charge is 0.252 e. The Morgan fingerprint density at radius 3 is 2.41 bits per heavy atom. The van der Waals surface area contributed by atoms with Crippen LogP contribution in [0.15, 0.2) is 44.4 Å². The van der Waals surface area contributed by atoms with Gasteiger partial charge in [-0.05, 0) is 40.0 Å². The molecule has 0 aliphatic rings. The molecule has 0 saturated heterocycles. The van der Waals surface area contributed by atoms with Gasteiger partial charge in [-0.15, -0.1) is 23.7 Å². The Bertz CT molecular complexity index is 685. The van der Waals surface area contributed by atoms with Gasteiger partial charge in [-0.3, -0.25) is 0 Å². The van der Waals surface area contributed by atoms with E-state index in [4.69, 9.17) is 5.73 Å². The van der Waals surface area contributed by atoms with Crippen LogP contribution in [0.2, 0.25) is 0 Å². The molecule has 0 amide bonds. The average molecular weight is 426 g/mol. The van der Waals surface area contributed by atoms with Crippen molar-refractivity contribution in [3.8, 4) is 0 Å². The van der Waals surface area contributed by atoms with Gasteiger partial charge in [-0.2, -0.15) is 4.31 Å². The molecule has 0 aliphatic carbocycles. The number of thiophene rings is 1. The summed E-state index contributed by atoms with van der Waals surface area (Å²) in [6.07, 6.45) is 0. The highest BCUT2D eigenvalue weighted by Crippen LogP contribution is 2.32. The maximum atomic E-state index is 12.8.